The minimum Gasteiger partial charge on any atom is -0.494 e. The van der Waals surface area contributed by atoms with Crippen LogP contribution in [-0.2, 0) is 15.5 Å². The van der Waals surface area contributed by atoms with Crippen molar-refractivity contribution in [3.05, 3.63) is 29.8 Å². The van der Waals surface area contributed by atoms with Gasteiger partial charge in [0.1, 0.15) is 5.75 Å². The molecule has 0 aliphatic rings. The number of nitrogens with two attached hydrogens (primary N) is 1. The molecule has 0 spiro atoms. The molecule has 28 heavy (non-hydrogen) atoms. The normalized spacial score (nSPS) is 14.0. The van der Waals surface area contributed by atoms with Gasteiger partial charge in [-0.2, -0.15) is 0 Å². The smallest absolute Gasteiger partial charge is 0.469 e. The van der Waals surface area contributed by atoms with Crippen molar-refractivity contribution in [1.29, 1.82) is 0 Å². The molecular weight excluding hydrogens is 381 g/mol. The minimum atomic E-state index is -4.58. The van der Waals surface area contributed by atoms with Crippen LogP contribution in [0.2, 0.25) is 0 Å². The third kappa shape index (κ3) is 11.8. The molecule has 162 valence electrons. The molecule has 0 bridgehead atoms. The van der Waals surface area contributed by atoms with Gasteiger partial charge in [0.05, 0.1) is 13.2 Å². The maximum absolute atomic E-state index is 11.0. The summed E-state index contributed by atoms with van der Waals surface area (Å²) in [7, 11) is -4.58. The Balaban J connectivity index is 2.46. The third-order valence-corrected chi connectivity index (χ3v) is 5.17. The zero-order valence-electron chi connectivity index (χ0n) is 16.9. The van der Waals surface area contributed by atoms with Crippen LogP contribution in [-0.4, -0.2) is 40.3 Å². The Bertz CT molecular complexity index is 577. The number of unbranched alkanes of at least 4 members (excludes halogenated alkanes) is 4. The summed E-state index contributed by atoms with van der Waals surface area (Å²) < 4.78 is 21.4. The number of rotatable bonds is 16. The second kappa shape index (κ2) is 13.3. The largest absolute Gasteiger partial charge is 0.494 e. The van der Waals surface area contributed by atoms with Crippen molar-refractivity contribution in [3.8, 4) is 5.75 Å². The van der Waals surface area contributed by atoms with Crippen molar-refractivity contribution in [2.24, 2.45) is 5.73 Å². The molecule has 1 rings (SSSR count). The predicted octanol–water partition coefficient (Wildman–Crippen LogP) is 3.55. The third-order valence-electron chi connectivity index (χ3n) is 4.70. The number of aliphatic hydroxyl groups is 1. The van der Waals surface area contributed by atoms with Crippen LogP contribution in [0.5, 0.6) is 5.75 Å². The molecule has 0 aliphatic heterocycles. The lowest BCUT2D eigenvalue weighted by Gasteiger charge is -2.29. The molecule has 0 saturated heterocycles. The summed E-state index contributed by atoms with van der Waals surface area (Å²) >= 11 is 0. The van der Waals surface area contributed by atoms with E-state index < -0.39 is 13.4 Å². The molecule has 1 aromatic carbocycles. The molecule has 0 fully saturated rings. The number of hydrogen-bond donors (Lipinski definition) is 4. The van der Waals surface area contributed by atoms with E-state index in [1.165, 1.54) is 25.7 Å². The molecular formula is C20H36NO6P. The van der Waals surface area contributed by atoms with Gasteiger partial charge < -0.3 is 25.4 Å². The molecule has 0 aliphatic carbocycles. The summed E-state index contributed by atoms with van der Waals surface area (Å²) in [5.74, 6) is 0.836. The van der Waals surface area contributed by atoms with Crippen molar-refractivity contribution >= 4 is 7.82 Å². The number of aryl methyl sites for hydroxylation is 1. The van der Waals surface area contributed by atoms with Gasteiger partial charge in [-0.25, -0.2) is 4.57 Å². The van der Waals surface area contributed by atoms with Gasteiger partial charge in [-0.1, -0.05) is 44.7 Å². The Morgan fingerprint density at radius 1 is 1.04 bits per heavy atom. The SMILES string of the molecule is CCCCCCCOc1ccc(CCC(N)(CCCO)COP(=O)(O)O)cc1. The standard InChI is InChI=1S/C20H36NO6P/c1-2-3-4-5-6-16-26-19-10-8-18(9-11-19)12-14-20(21,13-7-15-22)17-27-28(23,24)25/h8-11,22H,2-7,12-17,21H2,1H3,(H2,23,24,25). The van der Waals surface area contributed by atoms with E-state index in [0.717, 1.165) is 24.3 Å². The van der Waals surface area contributed by atoms with E-state index in [1.54, 1.807) is 0 Å². The van der Waals surface area contributed by atoms with E-state index in [9.17, 15) is 4.57 Å². The molecule has 0 heterocycles. The highest BCUT2D eigenvalue weighted by molar-refractivity contribution is 7.46. The van der Waals surface area contributed by atoms with Gasteiger partial charge >= 0.3 is 7.82 Å². The predicted molar refractivity (Wildman–Crippen MR) is 110 cm³/mol. The fraction of sp³-hybridized carbons (Fsp3) is 0.700. The summed E-state index contributed by atoms with van der Waals surface area (Å²) in [6.07, 6.45) is 8.01. The topological polar surface area (TPSA) is 122 Å². The van der Waals surface area contributed by atoms with Gasteiger partial charge in [-0.3, -0.25) is 4.52 Å². The van der Waals surface area contributed by atoms with E-state index in [0.29, 0.717) is 25.7 Å². The number of ether oxygens (including phenoxy) is 1. The van der Waals surface area contributed by atoms with Crippen LogP contribution >= 0.6 is 7.82 Å². The number of phosphoric acid groups is 1. The van der Waals surface area contributed by atoms with Crippen LogP contribution in [0, 0.1) is 0 Å². The summed E-state index contributed by atoms with van der Waals surface area (Å²) in [5.41, 5.74) is 6.44. The first kappa shape index (κ1) is 25.1. The van der Waals surface area contributed by atoms with E-state index in [-0.39, 0.29) is 13.2 Å². The number of aliphatic hydroxyl groups excluding tert-OH is 1. The number of benzene rings is 1. The lowest BCUT2D eigenvalue weighted by Crippen LogP contribution is -2.45. The van der Waals surface area contributed by atoms with Crippen LogP contribution < -0.4 is 10.5 Å². The molecule has 1 atom stereocenters. The molecule has 0 amide bonds. The van der Waals surface area contributed by atoms with Gasteiger partial charge in [0.15, 0.2) is 0 Å². The lowest BCUT2D eigenvalue weighted by molar-refractivity contribution is 0.136. The molecule has 5 N–H and O–H groups in total. The molecule has 1 unspecified atom stereocenters. The first-order valence-electron chi connectivity index (χ1n) is 10.1. The molecule has 0 saturated carbocycles. The number of phosphoric ester groups is 1. The van der Waals surface area contributed by atoms with Crippen LogP contribution in [0.1, 0.15) is 63.9 Å². The van der Waals surface area contributed by atoms with Crippen molar-refractivity contribution < 1.29 is 28.7 Å². The van der Waals surface area contributed by atoms with Gasteiger partial charge in [0, 0.05) is 12.1 Å². The first-order chi connectivity index (χ1) is 13.3. The Kier molecular flexibility index (Phi) is 11.9. The summed E-state index contributed by atoms with van der Waals surface area (Å²) in [6, 6.07) is 7.81. The monoisotopic (exact) mass is 417 g/mol. The average Bonchev–Trinajstić information content (AvgIpc) is 2.66. The van der Waals surface area contributed by atoms with Gasteiger partial charge in [0.2, 0.25) is 0 Å². The lowest BCUT2D eigenvalue weighted by atomic mass is 9.88. The van der Waals surface area contributed by atoms with Gasteiger partial charge in [-0.15, -0.1) is 0 Å². The molecule has 0 radical (unpaired) electrons. The summed E-state index contributed by atoms with van der Waals surface area (Å²) in [6.45, 7) is 2.63. The maximum Gasteiger partial charge on any atom is 0.469 e. The minimum absolute atomic E-state index is 0.0284. The highest BCUT2D eigenvalue weighted by Crippen LogP contribution is 2.37. The van der Waals surface area contributed by atoms with Gasteiger partial charge in [0.25, 0.3) is 0 Å². The molecule has 1 aromatic rings. The van der Waals surface area contributed by atoms with E-state index in [1.807, 2.05) is 24.3 Å². The zero-order valence-corrected chi connectivity index (χ0v) is 17.8. The summed E-state index contributed by atoms with van der Waals surface area (Å²) in [4.78, 5) is 17.8. The zero-order chi connectivity index (χ0) is 20.9. The maximum atomic E-state index is 11.0. The number of hydrogen-bond acceptors (Lipinski definition) is 5. The Morgan fingerprint density at radius 2 is 1.71 bits per heavy atom. The van der Waals surface area contributed by atoms with E-state index in [4.69, 9.17) is 25.4 Å². The van der Waals surface area contributed by atoms with Crippen LogP contribution in [0.25, 0.3) is 0 Å². The van der Waals surface area contributed by atoms with Crippen molar-refractivity contribution in [2.45, 2.75) is 70.3 Å². The van der Waals surface area contributed by atoms with Crippen LogP contribution in [0.4, 0.5) is 0 Å². The van der Waals surface area contributed by atoms with Crippen LogP contribution in [0.15, 0.2) is 24.3 Å². The highest BCUT2D eigenvalue weighted by Gasteiger charge is 2.28. The molecule has 8 heteroatoms. The second-order valence-corrected chi connectivity index (χ2v) is 8.60. The molecule has 0 aromatic heterocycles. The average molecular weight is 417 g/mol. The Hall–Kier alpha value is -0.950. The van der Waals surface area contributed by atoms with E-state index >= 15 is 0 Å². The van der Waals surface area contributed by atoms with E-state index in [2.05, 4.69) is 11.4 Å². The summed E-state index contributed by atoms with van der Waals surface area (Å²) in [5, 5.41) is 9.04. The second-order valence-electron chi connectivity index (χ2n) is 7.36. The fourth-order valence-corrected chi connectivity index (χ4v) is 3.38. The first-order valence-corrected chi connectivity index (χ1v) is 11.6. The van der Waals surface area contributed by atoms with Crippen molar-refractivity contribution in [3.63, 3.8) is 0 Å². The highest BCUT2D eigenvalue weighted by atomic mass is 31.2. The molecule has 7 nitrogen and oxygen atoms in total. The Labute approximate surface area is 168 Å². The van der Waals surface area contributed by atoms with Crippen molar-refractivity contribution in [2.75, 3.05) is 19.8 Å². The fourth-order valence-electron chi connectivity index (χ4n) is 2.95. The van der Waals surface area contributed by atoms with Gasteiger partial charge in [-0.05, 0) is 49.8 Å². The van der Waals surface area contributed by atoms with Crippen LogP contribution in [0.3, 0.4) is 0 Å². The van der Waals surface area contributed by atoms with Crippen molar-refractivity contribution in [1.82, 2.24) is 0 Å². The quantitative estimate of drug-likeness (QED) is 0.240. The Morgan fingerprint density at radius 3 is 2.32 bits per heavy atom.